The van der Waals surface area contributed by atoms with E-state index in [1.165, 1.54) is 16.3 Å². The molecule has 4 nitrogen and oxygen atoms in total. The van der Waals surface area contributed by atoms with E-state index in [0.29, 0.717) is 6.04 Å². The predicted molar refractivity (Wildman–Crippen MR) is 84.2 cm³/mol. The standard InChI is InChI=1S/C15H24N4S/c1-5-9-16-14(15-11(2)18-12(3)20-15)7-6-13-8-10-17-19(13)4/h8,10,14,16H,5-7,9H2,1-4H3. The van der Waals surface area contributed by atoms with Gasteiger partial charge in [-0.1, -0.05) is 6.92 Å². The van der Waals surface area contributed by atoms with Crippen LogP contribution in [-0.4, -0.2) is 21.3 Å². The van der Waals surface area contributed by atoms with Crippen LogP contribution in [0.2, 0.25) is 0 Å². The molecule has 0 aliphatic rings. The van der Waals surface area contributed by atoms with Gasteiger partial charge in [0.2, 0.25) is 0 Å². The Morgan fingerprint density at radius 2 is 2.20 bits per heavy atom. The minimum absolute atomic E-state index is 0.399. The zero-order valence-electron chi connectivity index (χ0n) is 12.8. The van der Waals surface area contributed by atoms with E-state index < -0.39 is 0 Å². The topological polar surface area (TPSA) is 42.7 Å². The maximum Gasteiger partial charge on any atom is 0.0900 e. The molecule has 0 bridgehead atoms. The molecule has 0 saturated heterocycles. The molecule has 5 heteroatoms. The van der Waals surface area contributed by atoms with Crippen molar-refractivity contribution in [2.45, 2.75) is 46.1 Å². The summed E-state index contributed by atoms with van der Waals surface area (Å²) >= 11 is 1.82. The lowest BCUT2D eigenvalue weighted by Crippen LogP contribution is -2.23. The average molecular weight is 292 g/mol. The fourth-order valence-corrected chi connectivity index (χ4v) is 3.49. The van der Waals surface area contributed by atoms with E-state index in [0.717, 1.165) is 30.8 Å². The molecule has 0 amide bonds. The second-order valence-electron chi connectivity index (χ2n) is 5.17. The summed E-state index contributed by atoms with van der Waals surface area (Å²) in [5, 5.41) is 9.05. The van der Waals surface area contributed by atoms with Crippen LogP contribution in [0, 0.1) is 13.8 Å². The maximum atomic E-state index is 4.56. The van der Waals surface area contributed by atoms with E-state index in [1.807, 2.05) is 29.3 Å². The van der Waals surface area contributed by atoms with Crippen molar-refractivity contribution < 1.29 is 0 Å². The first kappa shape index (κ1) is 15.2. The van der Waals surface area contributed by atoms with Crippen LogP contribution in [0.1, 0.15) is 47.1 Å². The molecular weight excluding hydrogens is 268 g/mol. The molecule has 110 valence electrons. The predicted octanol–water partition coefficient (Wildman–Crippen LogP) is 3.17. The van der Waals surface area contributed by atoms with Crippen LogP contribution >= 0.6 is 11.3 Å². The molecule has 1 N–H and O–H groups in total. The Morgan fingerprint density at radius 3 is 2.75 bits per heavy atom. The van der Waals surface area contributed by atoms with E-state index in [9.17, 15) is 0 Å². The molecule has 0 saturated carbocycles. The van der Waals surface area contributed by atoms with Crippen molar-refractivity contribution in [1.82, 2.24) is 20.1 Å². The normalized spacial score (nSPS) is 12.8. The number of hydrogen-bond acceptors (Lipinski definition) is 4. The third kappa shape index (κ3) is 3.67. The van der Waals surface area contributed by atoms with Crippen LogP contribution < -0.4 is 5.32 Å². The minimum atomic E-state index is 0.399. The van der Waals surface area contributed by atoms with Gasteiger partial charge in [-0.15, -0.1) is 11.3 Å². The molecule has 2 heterocycles. The Bertz CT molecular complexity index is 544. The summed E-state index contributed by atoms with van der Waals surface area (Å²) < 4.78 is 1.96. The van der Waals surface area contributed by atoms with Crippen molar-refractivity contribution in [1.29, 1.82) is 0 Å². The molecule has 1 atom stereocenters. The van der Waals surface area contributed by atoms with Crippen LogP contribution in [0.5, 0.6) is 0 Å². The van der Waals surface area contributed by atoms with Gasteiger partial charge in [0.05, 0.1) is 10.7 Å². The highest BCUT2D eigenvalue weighted by Crippen LogP contribution is 2.28. The van der Waals surface area contributed by atoms with E-state index in [-0.39, 0.29) is 0 Å². The molecule has 1 unspecified atom stereocenters. The highest BCUT2D eigenvalue weighted by molar-refractivity contribution is 7.11. The number of aryl methyl sites for hydroxylation is 4. The molecule has 20 heavy (non-hydrogen) atoms. The van der Waals surface area contributed by atoms with Gasteiger partial charge in [-0.3, -0.25) is 4.68 Å². The Balaban J connectivity index is 2.07. The van der Waals surface area contributed by atoms with Crippen molar-refractivity contribution in [2.75, 3.05) is 6.54 Å². The summed E-state index contributed by atoms with van der Waals surface area (Å²) in [7, 11) is 2.01. The highest BCUT2D eigenvalue weighted by Gasteiger charge is 2.17. The second-order valence-corrected chi connectivity index (χ2v) is 6.41. The Labute approximate surface area is 125 Å². The van der Waals surface area contributed by atoms with E-state index >= 15 is 0 Å². The van der Waals surface area contributed by atoms with Crippen molar-refractivity contribution >= 4 is 11.3 Å². The van der Waals surface area contributed by atoms with Gasteiger partial charge in [-0.05, 0) is 45.7 Å². The van der Waals surface area contributed by atoms with Gasteiger partial charge >= 0.3 is 0 Å². The Hall–Kier alpha value is -1.20. The van der Waals surface area contributed by atoms with Crippen LogP contribution in [-0.2, 0) is 13.5 Å². The molecular formula is C15H24N4S. The van der Waals surface area contributed by atoms with Crippen molar-refractivity contribution in [3.8, 4) is 0 Å². The van der Waals surface area contributed by atoms with Crippen LogP contribution in [0.3, 0.4) is 0 Å². The van der Waals surface area contributed by atoms with Gasteiger partial charge in [0, 0.05) is 29.9 Å². The van der Waals surface area contributed by atoms with Crippen LogP contribution in [0.25, 0.3) is 0 Å². The Kier molecular flexibility index (Phi) is 5.31. The molecule has 0 spiro atoms. The van der Waals surface area contributed by atoms with Crippen molar-refractivity contribution in [2.24, 2.45) is 7.05 Å². The van der Waals surface area contributed by atoms with Gasteiger partial charge in [0.1, 0.15) is 0 Å². The lowest BCUT2D eigenvalue weighted by Gasteiger charge is -2.17. The third-order valence-corrected chi connectivity index (χ3v) is 4.69. The van der Waals surface area contributed by atoms with E-state index in [1.54, 1.807) is 0 Å². The average Bonchev–Trinajstić information content (AvgIpc) is 2.96. The monoisotopic (exact) mass is 292 g/mol. The molecule has 0 radical (unpaired) electrons. The van der Waals surface area contributed by atoms with E-state index in [4.69, 9.17) is 0 Å². The zero-order chi connectivity index (χ0) is 14.5. The summed E-state index contributed by atoms with van der Waals surface area (Å²) in [5.74, 6) is 0. The minimum Gasteiger partial charge on any atom is -0.309 e. The molecule has 2 aromatic heterocycles. The molecule has 2 rings (SSSR count). The van der Waals surface area contributed by atoms with Gasteiger partial charge in [-0.2, -0.15) is 5.10 Å². The first-order valence-corrected chi connectivity index (χ1v) is 8.07. The summed E-state index contributed by atoms with van der Waals surface area (Å²) in [5.41, 5.74) is 2.46. The third-order valence-electron chi connectivity index (χ3n) is 3.51. The largest absolute Gasteiger partial charge is 0.309 e. The van der Waals surface area contributed by atoms with Gasteiger partial charge < -0.3 is 5.32 Å². The van der Waals surface area contributed by atoms with Crippen LogP contribution in [0.4, 0.5) is 0 Å². The smallest absolute Gasteiger partial charge is 0.0900 e. The molecule has 0 fully saturated rings. The van der Waals surface area contributed by atoms with Crippen LogP contribution in [0.15, 0.2) is 12.3 Å². The zero-order valence-corrected chi connectivity index (χ0v) is 13.6. The lowest BCUT2D eigenvalue weighted by molar-refractivity contribution is 0.495. The lowest BCUT2D eigenvalue weighted by atomic mass is 10.1. The van der Waals surface area contributed by atoms with Crippen molar-refractivity contribution in [3.05, 3.63) is 33.5 Å². The fourth-order valence-electron chi connectivity index (χ4n) is 2.45. The maximum absolute atomic E-state index is 4.56. The molecule has 0 aliphatic carbocycles. The summed E-state index contributed by atoms with van der Waals surface area (Å²) in [6.45, 7) is 7.45. The van der Waals surface area contributed by atoms with Gasteiger partial charge in [0.15, 0.2) is 0 Å². The number of rotatable bonds is 7. The second kappa shape index (κ2) is 6.99. The summed E-state index contributed by atoms with van der Waals surface area (Å²) in [6.07, 6.45) is 5.14. The number of aromatic nitrogens is 3. The first-order chi connectivity index (χ1) is 9.61. The first-order valence-electron chi connectivity index (χ1n) is 7.26. The number of thiazole rings is 1. The number of hydrogen-bond donors (Lipinski definition) is 1. The van der Waals surface area contributed by atoms with E-state index in [2.05, 4.69) is 42.2 Å². The quantitative estimate of drug-likeness (QED) is 0.852. The Morgan fingerprint density at radius 1 is 1.40 bits per heavy atom. The molecule has 0 aliphatic heterocycles. The summed E-state index contributed by atoms with van der Waals surface area (Å²) in [4.78, 5) is 5.95. The van der Waals surface area contributed by atoms with Crippen molar-refractivity contribution in [3.63, 3.8) is 0 Å². The highest BCUT2D eigenvalue weighted by atomic mass is 32.1. The fraction of sp³-hybridized carbons (Fsp3) is 0.600. The molecule has 2 aromatic rings. The SMILES string of the molecule is CCCNC(CCc1ccnn1C)c1sc(C)nc1C. The number of nitrogens with zero attached hydrogens (tertiary/aromatic N) is 3. The summed E-state index contributed by atoms with van der Waals surface area (Å²) in [6, 6.07) is 2.50. The molecule has 0 aromatic carbocycles. The van der Waals surface area contributed by atoms with Gasteiger partial charge in [0.25, 0.3) is 0 Å². The van der Waals surface area contributed by atoms with Gasteiger partial charge in [-0.25, -0.2) is 4.98 Å². The number of nitrogens with one attached hydrogen (secondary N) is 1.